The van der Waals surface area contributed by atoms with Crippen molar-refractivity contribution in [3.05, 3.63) is 28.8 Å². The molecule has 15 heavy (non-hydrogen) atoms. The van der Waals surface area contributed by atoms with Gasteiger partial charge in [0.25, 0.3) is 0 Å². The van der Waals surface area contributed by atoms with Crippen molar-refractivity contribution >= 4 is 11.6 Å². The quantitative estimate of drug-likeness (QED) is 0.696. The Morgan fingerprint density at radius 3 is 2.67 bits per heavy atom. The Morgan fingerprint density at radius 1 is 1.20 bits per heavy atom. The van der Waals surface area contributed by atoms with Gasteiger partial charge in [-0.25, -0.2) is 0 Å². The summed E-state index contributed by atoms with van der Waals surface area (Å²) in [6.07, 6.45) is 4.47. The first-order chi connectivity index (χ1) is 7.27. The molecule has 0 aromatic heterocycles. The molecule has 0 saturated carbocycles. The monoisotopic (exact) mass is 226 g/mol. The van der Waals surface area contributed by atoms with Gasteiger partial charge in [0.15, 0.2) is 0 Å². The summed E-state index contributed by atoms with van der Waals surface area (Å²) in [6.45, 7) is 5.08. The van der Waals surface area contributed by atoms with Crippen LogP contribution in [0.3, 0.4) is 0 Å². The molecule has 0 atom stereocenters. The molecule has 0 unspecified atom stereocenters. The summed E-state index contributed by atoms with van der Waals surface area (Å²) < 4.78 is 5.68. The molecule has 2 heteroatoms. The van der Waals surface area contributed by atoms with Crippen LogP contribution in [0.1, 0.15) is 38.7 Å². The van der Waals surface area contributed by atoms with E-state index in [1.54, 1.807) is 0 Å². The van der Waals surface area contributed by atoms with Crippen molar-refractivity contribution in [2.75, 3.05) is 6.61 Å². The molecule has 0 radical (unpaired) electrons. The molecule has 0 amide bonds. The molecule has 1 aromatic carbocycles. The number of hydrogen-bond acceptors (Lipinski definition) is 1. The Bertz CT molecular complexity index is 297. The second-order valence-electron chi connectivity index (χ2n) is 3.70. The van der Waals surface area contributed by atoms with Gasteiger partial charge in [-0.05, 0) is 43.0 Å². The zero-order valence-corrected chi connectivity index (χ0v) is 10.3. The maximum atomic E-state index is 5.97. The molecule has 0 heterocycles. The summed E-state index contributed by atoms with van der Waals surface area (Å²) >= 11 is 5.97. The van der Waals surface area contributed by atoms with Crippen molar-refractivity contribution in [2.24, 2.45) is 0 Å². The minimum absolute atomic E-state index is 0.779. The highest BCUT2D eigenvalue weighted by atomic mass is 35.5. The molecule has 1 aromatic rings. The smallest absolute Gasteiger partial charge is 0.122 e. The SMILES string of the molecule is CCCCc1cc(Cl)ccc1OCCC. The lowest BCUT2D eigenvalue weighted by Crippen LogP contribution is -1.99. The predicted molar refractivity (Wildman–Crippen MR) is 65.9 cm³/mol. The van der Waals surface area contributed by atoms with E-state index in [-0.39, 0.29) is 0 Å². The molecular weight excluding hydrogens is 208 g/mol. The lowest BCUT2D eigenvalue weighted by atomic mass is 10.1. The van der Waals surface area contributed by atoms with Crippen LogP contribution in [-0.2, 0) is 6.42 Å². The molecule has 0 bridgehead atoms. The molecule has 0 saturated heterocycles. The van der Waals surface area contributed by atoms with Gasteiger partial charge in [0.1, 0.15) is 5.75 Å². The minimum Gasteiger partial charge on any atom is -0.493 e. The van der Waals surface area contributed by atoms with Gasteiger partial charge in [-0.3, -0.25) is 0 Å². The van der Waals surface area contributed by atoms with Crippen molar-refractivity contribution in [3.63, 3.8) is 0 Å². The first kappa shape index (κ1) is 12.4. The predicted octanol–water partition coefficient (Wildman–Crippen LogP) is 4.47. The lowest BCUT2D eigenvalue weighted by molar-refractivity contribution is 0.314. The fourth-order valence-electron chi connectivity index (χ4n) is 1.46. The van der Waals surface area contributed by atoms with Crippen LogP contribution in [0.25, 0.3) is 0 Å². The zero-order chi connectivity index (χ0) is 11.1. The maximum Gasteiger partial charge on any atom is 0.122 e. The van der Waals surface area contributed by atoms with Crippen molar-refractivity contribution < 1.29 is 4.74 Å². The molecular formula is C13H19ClO. The molecule has 0 aliphatic heterocycles. The first-order valence-corrected chi connectivity index (χ1v) is 6.07. The molecule has 84 valence electrons. The van der Waals surface area contributed by atoms with Gasteiger partial charge in [0, 0.05) is 5.02 Å². The number of hydrogen-bond donors (Lipinski definition) is 0. The van der Waals surface area contributed by atoms with E-state index >= 15 is 0 Å². The van der Waals surface area contributed by atoms with E-state index in [1.165, 1.54) is 18.4 Å². The van der Waals surface area contributed by atoms with Crippen LogP contribution in [0.4, 0.5) is 0 Å². The van der Waals surface area contributed by atoms with E-state index < -0.39 is 0 Å². The van der Waals surface area contributed by atoms with Crippen molar-refractivity contribution in [2.45, 2.75) is 39.5 Å². The van der Waals surface area contributed by atoms with Crippen molar-refractivity contribution in [1.82, 2.24) is 0 Å². The van der Waals surface area contributed by atoms with E-state index in [0.717, 1.165) is 30.2 Å². The van der Waals surface area contributed by atoms with Crippen LogP contribution in [0.15, 0.2) is 18.2 Å². The van der Waals surface area contributed by atoms with Gasteiger partial charge in [-0.1, -0.05) is 31.9 Å². The summed E-state index contributed by atoms with van der Waals surface area (Å²) in [5.74, 6) is 0.995. The highest BCUT2D eigenvalue weighted by Gasteiger charge is 2.03. The Hall–Kier alpha value is -0.690. The van der Waals surface area contributed by atoms with Gasteiger partial charge in [-0.2, -0.15) is 0 Å². The first-order valence-electron chi connectivity index (χ1n) is 5.69. The normalized spacial score (nSPS) is 10.3. The number of rotatable bonds is 6. The Labute approximate surface area is 97.4 Å². The number of halogens is 1. The summed E-state index contributed by atoms with van der Waals surface area (Å²) in [7, 11) is 0. The topological polar surface area (TPSA) is 9.23 Å². The Balaban J connectivity index is 2.73. The summed E-state index contributed by atoms with van der Waals surface area (Å²) in [5, 5.41) is 0.796. The molecule has 0 spiro atoms. The highest BCUT2D eigenvalue weighted by Crippen LogP contribution is 2.24. The van der Waals surface area contributed by atoms with E-state index in [4.69, 9.17) is 16.3 Å². The zero-order valence-electron chi connectivity index (χ0n) is 9.55. The maximum absolute atomic E-state index is 5.97. The van der Waals surface area contributed by atoms with Gasteiger partial charge < -0.3 is 4.74 Å². The van der Waals surface area contributed by atoms with E-state index in [9.17, 15) is 0 Å². The largest absolute Gasteiger partial charge is 0.493 e. The van der Waals surface area contributed by atoms with Gasteiger partial charge in [0.2, 0.25) is 0 Å². The standard InChI is InChI=1S/C13H19ClO/c1-3-5-6-11-10-12(14)7-8-13(11)15-9-4-2/h7-8,10H,3-6,9H2,1-2H3. The van der Waals surface area contributed by atoms with Crippen LogP contribution in [0.5, 0.6) is 5.75 Å². The van der Waals surface area contributed by atoms with Crippen LogP contribution in [0, 0.1) is 0 Å². The summed E-state index contributed by atoms with van der Waals surface area (Å²) in [4.78, 5) is 0. The van der Waals surface area contributed by atoms with E-state index in [1.807, 2.05) is 18.2 Å². The molecule has 1 rings (SSSR count). The fourth-order valence-corrected chi connectivity index (χ4v) is 1.66. The molecule has 0 fully saturated rings. The molecule has 1 nitrogen and oxygen atoms in total. The third-order valence-electron chi connectivity index (χ3n) is 2.28. The molecule has 0 aliphatic carbocycles. The van der Waals surface area contributed by atoms with Crippen LogP contribution < -0.4 is 4.74 Å². The Kier molecular flexibility index (Phi) is 5.56. The molecule has 0 aliphatic rings. The average molecular weight is 227 g/mol. The van der Waals surface area contributed by atoms with E-state index in [0.29, 0.717) is 0 Å². The second kappa shape index (κ2) is 6.73. The van der Waals surface area contributed by atoms with Gasteiger partial charge in [0.05, 0.1) is 6.61 Å². The third-order valence-corrected chi connectivity index (χ3v) is 2.52. The van der Waals surface area contributed by atoms with Gasteiger partial charge >= 0.3 is 0 Å². The van der Waals surface area contributed by atoms with Crippen molar-refractivity contribution in [1.29, 1.82) is 0 Å². The summed E-state index contributed by atoms with van der Waals surface area (Å²) in [5.41, 5.74) is 1.23. The third kappa shape index (κ3) is 4.13. The average Bonchev–Trinajstić information content (AvgIpc) is 2.25. The van der Waals surface area contributed by atoms with Crippen molar-refractivity contribution in [3.8, 4) is 5.75 Å². The number of benzene rings is 1. The number of unbranched alkanes of at least 4 members (excludes halogenated alkanes) is 1. The highest BCUT2D eigenvalue weighted by molar-refractivity contribution is 6.30. The Morgan fingerprint density at radius 2 is 2.00 bits per heavy atom. The van der Waals surface area contributed by atoms with E-state index in [2.05, 4.69) is 13.8 Å². The lowest BCUT2D eigenvalue weighted by Gasteiger charge is -2.10. The fraction of sp³-hybridized carbons (Fsp3) is 0.538. The number of aryl methyl sites for hydroxylation is 1. The number of ether oxygens (including phenoxy) is 1. The molecule has 0 N–H and O–H groups in total. The van der Waals surface area contributed by atoms with Crippen LogP contribution >= 0.6 is 11.6 Å². The summed E-state index contributed by atoms with van der Waals surface area (Å²) in [6, 6.07) is 5.88. The minimum atomic E-state index is 0.779. The van der Waals surface area contributed by atoms with Crippen LogP contribution in [0.2, 0.25) is 5.02 Å². The second-order valence-corrected chi connectivity index (χ2v) is 4.14. The van der Waals surface area contributed by atoms with Gasteiger partial charge in [-0.15, -0.1) is 0 Å². The van der Waals surface area contributed by atoms with Crippen LogP contribution in [-0.4, -0.2) is 6.61 Å².